The van der Waals surface area contributed by atoms with E-state index < -0.39 is 15.0 Å². The van der Waals surface area contributed by atoms with Crippen molar-refractivity contribution in [3.63, 3.8) is 0 Å². The van der Waals surface area contributed by atoms with Gasteiger partial charge in [0.25, 0.3) is 0 Å². The molecule has 0 spiro atoms. The first-order valence-corrected chi connectivity index (χ1v) is 8.57. The number of carbonyl (C=O) groups excluding carboxylic acids is 1. The largest absolute Gasteiger partial charge is 0.462 e. The normalized spacial score (nSPS) is 11.2. The highest BCUT2D eigenvalue weighted by molar-refractivity contribution is 8.14. The number of halogens is 1. The molecule has 0 aliphatic rings. The van der Waals surface area contributed by atoms with Crippen LogP contribution in [-0.4, -0.2) is 37.5 Å². The molecular formula is C10H12ClNO4S2. The van der Waals surface area contributed by atoms with Crippen molar-refractivity contribution in [3.05, 3.63) is 23.9 Å². The minimum absolute atomic E-state index is 0.182. The van der Waals surface area contributed by atoms with Crippen molar-refractivity contribution in [2.75, 3.05) is 18.1 Å². The minimum atomic E-state index is -3.53. The lowest BCUT2D eigenvalue weighted by Gasteiger charge is -2.06. The van der Waals surface area contributed by atoms with Crippen LogP contribution in [0.4, 0.5) is 0 Å². The van der Waals surface area contributed by atoms with Crippen LogP contribution < -0.4 is 0 Å². The molecule has 5 nitrogen and oxygen atoms in total. The first-order chi connectivity index (χ1) is 8.44. The Bertz CT molecular complexity index is 518. The summed E-state index contributed by atoms with van der Waals surface area (Å²) in [5.41, 5.74) is 0.330. The van der Waals surface area contributed by atoms with Crippen LogP contribution in [0, 0.1) is 0 Å². The van der Waals surface area contributed by atoms with Gasteiger partial charge in [0.05, 0.1) is 17.9 Å². The van der Waals surface area contributed by atoms with Crippen LogP contribution in [0.2, 0.25) is 0 Å². The molecule has 0 bridgehead atoms. The highest BCUT2D eigenvalue weighted by Crippen LogP contribution is 2.21. The average molecular weight is 310 g/mol. The summed E-state index contributed by atoms with van der Waals surface area (Å²) in [6.07, 6.45) is 1.53. The number of carbonyl (C=O) groups is 1. The van der Waals surface area contributed by atoms with Crippen LogP contribution in [-0.2, 0) is 13.8 Å². The van der Waals surface area contributed by atoms with Crippen LogP contribution >= 0.6 is 22.4 Å². The van der Waals surface area contributed by atoms with Gasteiger partial charge in [-0.05, 0) is 19.1 Å². The number of aromatic nitrogens is 1. The van der Waals surface area contributed by atoms with Gasteiger partial charge in [-0.25, -0.2) is 18.2 Å². The van der Waals surface area contributed by atoms with Gasteiger partial charge in [0, 0.05) is 22.6 Å². The first kappa shape index (κ1) is 15.3. The Morgan fingerprint density at radius 2 is 2.28 bits per heavy atom. The molecule has 0 saturated heterocycles. The summed E-state index contributed by atoms with van der Waals surface area (Å²) in [7, 11) is 1.57. The topological polar surface area (TPSA) is 73.3 Å². The van der Waals surface area contributed by atoms with E-state index in [2.05, 4.69) is 4.98 Å². The van der Waals surface area contributed by atoms with E-state index in [9.17, 15) is 13.2 Å². The van der Waals surface area contributed by atoms with Crippen molar-refractivity contribution in [1.29, 1.82) is 0 Å². The van der Waals surface area contributed by atoms with Gasteiger partial charge in [0.15, 0.2) is 0 Å². The van der Waals surface area contributed by atoms with Crippen LogP contribution in [0.5, 0.6) is 0 Å². The maximum absolute atomic E-state index is 11.6. The first-order valence-electron chi connectivity index (χ1n) is 5.11. The zero-order chi connectivity index (χ0) is 13.6. The van der Waals surface area contributed by atoms with Gasteiger partial charge in [-0.15, -0.1) is 11.8 Å². The molecule has 0 atom stereocenters. The monoisotopic (exact) mass is 309 g/mol. The Morgan fingerprint density at radius 3 is 2.89 bits per heavy atom. The zero-order valence-corrected chi connectivity index (χ0v) is 12.0. The molecule has 0 unspecified atom stereocenters. The Labute approximate surface area is 114 Å². The predicted octanol–water partition coefficient (Wildman–Crippen LogP) is 1.92. The van der Waals surface area contributed by atoms with Crippen molar-refractivity contribution in [1.82, 2.24) is 4.98 Å². The third-order valence-electron chi connectivity index (χ3n) is 1.83. The highest BCUT2D eigenvalue weighted by Gasteiger charge is 2.14. The standard InChI is InChI=1S/C10H12ClNO4S2/c1-2-16-10(13)8-4-3-5-12-9(8)17-6-7-18(11,14)15/h3-5H,2,6-7H2,1H3. The van der Waals surface area contributed by atoms with Gasteiger partial charge in [0.1, 0.15) is 5.03 Å². The van der Waals surface area contributed by atoms with E-state index in [-0.39, 0.29) is 18.1 Å². The lowest BCUT2D eigenvalue weighted by atomic mass is 10.3. The molecule has 0 saturated carbocycles. The molecule has 1 aromatic heterocycles. The molecule has 0 radical (unpaired) electrons. The second-order valence-corrected chi connectivity index (χ2v) is 7.15. The lowest BCUT2D eigenvalue weighted by molar-refractivity contribution is 0.0521. The van der Waals surface area contributed by atoms with E-state index in [0.717, 1.165) is 11.8 Å². The summed E-state index contributed by atoms with van der Waals surface area (Å²) in [5, 5.41) is 0.441. The SMILES string of the molecule is CCOC(=O)c1cccnc1SCCS(=O)(=O)Cl. The number of nitrogens with zero attached hydrogens (tertiary/aromatic N) is 1. The molecule has 0 fully saturated rings. The third kappa shape index (κ3) is 5.24. The predicted molar refractivity (Wildman–Crippen MR) is 70.6 cm³/mol. The number of rotatable bonds is 6. The van der Waals surface area contributed by atoms with E-state index in [4.69, 9.17) is 15.4 Å². The van der Waals surface area contributed by atoms with Gasteiger partial charge in [-0.3, -0.25) is 0 Å². The van der Waals surface area contributed by atoms with Gasteiger partial charge < -0.3 is 4.74 Å². The number of pyridine rings is 1. The molecule has 0 aliphatic heterocycles. The molecule has 1 heterocycles. The van der Waals surface area contributed by atoms with E-state index in [1.165, 1.54) is 6.20 Å². The molecule has 18 heavy (non-hydrogen) atoms. The summed E-state index contributed by atoms with van der Waals surface area (Å²) < 4.78 is 26.4. The van der Waals surface area contributed by atoms with Crippen molar-refractivity contribution >= 4 is 37.5 Å². The molecule has 8 heteroatoms. The second kappa shape index (κ2) is 6.96. The third-order valence-corrected chi connectivity index (χ3v) is 4.25. The van der Waals surface area contributed by atoms with Gasteiger partial charge in [0.2, 0.25) is 9.05 Å². The number of hydrogen-bond donors (Lipinski definition) is 0. The molecule has 1 aromatic rings. The van der Waals surface area contributed by atoms with Gasteiger partial charge in [-0.2, -0.15) is 0 Å². The van der Waals surface area contributed by atoms with Crippen molar-refractivity contribution < 1.29 is 17.9 Å². The number of thioether (sulfide) groups is 1. The van der Waals surface area contributed by atoms with Gasteiger partial charge >= 0.3 is 5.97 Å². The van der Waals surface area contributed by atoms with E-state index in [1.807, 2.05) is 0 Å². The summed E-state index contributed by atoms with van der Waals surface area (Å²) in [6.45, 7) is 1.98. The lowest BCUT2D eigenvalue weighted by Crippen LogP contribution is -2.08. The molecule has 0 N–H and O–H groups in total. The number of hydrogen-bond acceptors (Lipinski definition) is 6. The fourth-order valence-electron chi connectivity index (χ4n) is 1.11. The molecule has 0 aromatic carbocycles. The number of esters is 1. The summed E-state index contributed by atoms with van der Waals surface area (Å²) in [4.78, 5) is 15.6. The molecule has 0 amide bonds. The molecule has 100 valence electrons. The highest BCUT2D eigenvalue weighted by atomic mass is 35.7. The van der Waals surface area contributed by atoms with Crippen molar-refractivity contribution in [2.24, 2.45) is 0 Å². The van der Waals surface area contributed by atoms with Crippen LogP contribution in [0.1, 0.15) is 17.3 Å². The Hall–Kier alpha value is -0.790. The summed E-state index contributed by atoms with van der Waals surface area (Å²) in [5.74, 6) is -0.422. The smallest absolute Gasteiger partial charge is 0.340 e. The number of ether oxygens (including phenoxy) is 1. The summed E-state index contributed by atoms with van der Waals surface area (Å²) in [6, 6.07) is 3.21. The van der Waals surface area contributed by atoms with E-state index in [1.54, 1.807) is 19.1 Å². The Morgan fingerprint density at radius 1 is 1.56 bits per heavy atom. The second-order valence-electron chi connectivity index (χ2n) is 3.17. The van der Waals surface area contributed by atoms with E-state index in [0.29, 0.717) is 10.6 Å². The molecule has 1 rings (SSSR count). The van der Waals surface area contributed by atoms with Crippen LogP contribution in [0.3, 0.4) is 0 Å². The maximum Gasteiger partial charge on any atom is 0.340 e. The molecular weight excluding hydrogens is 298 g/mol. The minimum Gasteiger partial charge on any atom is -0.462 e. The van der Waals surface area contributed by atoms with Crippen molar-refractivity contribution in [3.8, 4) is 0 Å². The molecule has 0 aliphatic carbocycles. The van der Waals surface area contributed by atoms with Crippen LogP contribution in [0.25, 0.3) is 0 Å². The van der Waals surface area contributed by atoms with E-state index >= 15 is 0 Å². The Kier molecular flexibility index (Phi) is 5.90. The zero-order valence-electron chi connectivity index (χ0n) is 9.63. The Balaban J connectivity index is 2.73. The fraction of sp³-hybridized carbons (Fsp3) is 0.400. The average Bonchev–Trinajstić information content (AvgIpc) is 2.28. The maximum atomic E-state index is 11.6. The van der Waals surface area contributed by atoms with Crippen LogP contribution in [0.15, 0.2) is 23.4 Å². The quantitative estimate of drug-likeness (QED) is 0.454. The fourth-order valence-corrected chi connectivity index (χ4v) is 3.44. The summed E-state index contributed by atoms with van der Waals surface area (Å²) >= 11 is 1.15. The van der Waals surface area contributed by atoms with Crippen molar-refractivity contribution in [2.45, 2.75) is 11.9 Å². The van der Waals surface area contributed by atoms with Gasteiger partial charge in [-0.1, -0.05) is 0 Å².